The summed E-state index contributed by atoms with van der Waals surface area (Å²) in [6.07, 6.45) is -0.392. The molecule has 0 bridgehead atoms. The minimum Gasteiger partial charge on any atom is -0.359 e. The molecule has 1 aromatic heterocycles. The first-order valence-electron chi connectivity index (χ1n) is 4.26. The van der Waals surface area contributed by atoms with E-state index < -0.39 is 12.2 Å². The summed E-state index contributed by atoms with van der Waals surface area (Å²) in [6.45, 7) is 0. The highest BCUT2D eigenvalue weighted by Gasteiger charge is 2.11. The standard InChI is InChI=1S/C10H8N2O3/c11-9(13)15-10(14)12-6-5-7-3-1-2-4-8(7)12/h1-6H,(H2,11,13). The van der Waals surface area contributed by atoms with Crippen molar-refractivity contribution in [3.8, 4) is 0 Å². The van der Waals surface area contributed by atoms with Gasteiger partial charge in [0, 0.05) is 11.6 Å². The maximum atomic E-state index is 11.4. The number of amides is 1. The van der Waals surface area contributed by atoms with Crippen molar-refractivity contribution in [1.29, 1.82) is 0 Å². The van der Waals surface area contributed by atoms with E-state index in [1.807, 2.05) is 12.1 Å². The van der Waals surface area contributed by atoms with Crippen LogP contribution in [0.25, 0.3) is 10.9 Å². The Morgan fingerprint density at radius 2 is 1.93 bits per heavy atom. The summed E-state index contributed by atoms with van der Waals surface area (Å²) < 4.78 is 5.49. The van der Waals surface area contributed by atoms with Gasteiger partial charge in [-0.1, -0.05) is 18.2 Å². The first-order chi connectivity index (χ1) is 7.18. The number of nitrogens with two attached hydrogens (primary N) is 1. The lowest BCUT2D eigenvalue weighted by Crippen LogP contribution is -2.21. The van der Waals surface area contributed by atoms with Crippen molar-refractivity contribution in [3.63, 3.8) is 0 Å². The molecule has 1 amide bonds. The quantitative estimate of drug-likeness (QED) is 0.663. The fourth-order valence-corrected chi connectivity index (χ4v) is 1.38. The second-order valence-electron chi connectivity index (χ2n) is 2.93. The largest absolute Gasteiger partial charge is 0.427 e. The molecule has 0 radical (unpaired) electrons. The van der Waals surface area contributed by atoms with Crippen LogP contribution in [0.5, 0.6) is 0 Å². The SMILES string of the molecule is NC(=O)OC(=O)n1ccc2ccccc21. The number of ether oxygens (including phenoxy) is 1. The number of hydrogen-bond acceptors (Lipinski definition) is 3. The molecular weight excluding hydrogens is 196 g/mol. The van der Waals surface area contributed by atoms with E-state index in [0.29, 0.717) is 5.52 Å². The van der Waals surface area contributed by atoms with Crippen LogP contribution in [-0.4, -0.2) is 16.8 Å². The predicted molar refractivity (Wildman–Crippen MR) is 53.4 cm³/mol. The van der Waals surface area contributed by atoms with Gasteiger partial charge in [-0.2, -0.15) is 0 Å². The van der Waals surface area contributed by atoms with Gasteiger partial charge < -0.3 is 10.5 Å². The molecular formula is C10H8N2O3. The summed E-state index contributed by atoms with van der Waals surface area (Å²) in [6, 6.07) is 8.99. The van der Waals surface area contributed by atoms with Crippen molar-refractivity contribution in [1.82, 2.24) is 4.57 Å². The van der Waals surface area contributed by atoms with E-state index in [1.165, 1.54) is 10.8 Å². The lowest BCUT2D eigenvalue weighted by molar-refractivity contribution is 0.159. The van der Waals surface area contributed by atoms with Gasteiger partial charge in [0.25, 0.3) is 0 Å². The number of carbonyl (C=O) groups is 2. The summed E-state index contributed by atoms with van der Waals surface area (Å²) >= 11 is 0. The van der Waals surface area contributed by atoms with Crippen molar-refractivity contribution in [2.75, 3.05) is 0 Å². The van der Waals surface area contributed by atoms with E-state index in [4.69, 9.17) is 5.73 Å². The number of aromatic nitrogens is 1. The third kappa shape index (κ3) is 1.67. The Kier molecular flexibility index (Phi) is 2.13. The van der Waals surface area contributed by atoms with Gasteiger partial charge in [0.15, 0.2) is 0 Å². The minimum atomic E-state index is -1.11. The van der Waals surface area contributed by atoms with Crippen LogP contribution in [0.1, 0.15) is 0 Å². The second kappa shape index (κ2) is 3.45. The van der Waals surface area contributed by atoms with Crippen molar-refractivity contribution in [2.45, 2.75) is 0 Å². The van der Waals surface area contributed by atoms with Crippen LogP contribution >= 0.6 is 0 Å². The number of carbonyl (C=O) groups excluding carboxylic acids is 2. The summed E-state index contributed by atoms with van der Waals surface area (Å²) in [4.78, 5) is 21.8. The van der Waals surface area contributed by atoms with Crippen LogP contribution in [-0.2, 0) is 4.74 Å². The number of fused-ring (bicyclic) bond motifs is 1. The highest BCUT2D eigenvalue weighted by Crippen LogP contribution is 2.15. The molecule has 0 saturated heterocycles. The third-order valence-corrected chi connectivity index (χ3v) is 1.98. The minimum absolute atomic E-state index is 0.670. The Labute approximate surface area is 85.0 Å². The summed E-state index contributed by atoms with van der Waals surface area (Å²) in [5.41, 5.74) is 5.42. The molecule has 0 atom stereocenters. The number of benzene rings is 1. The molecule has 2 aromatic rings. The molecule has 2 N–H and O–H groups in total. The van der Waals surface area contributed by atoms with E-state index >= 15 is 0 Å². The zero-order valence-corrected chi connectivity index (χ0v) is 7.71. The fourth-order valence-electron chi connectivity index (χ4n) is 1.38. The number of hydrogen-bond donors (Lipinski definition) is 1. The van der Waals surface area contributed by atoms with Gasteiger partial charge in [0.2, 0.25) is 0 Å². The lowest BCUT2D eigenvalue weighted by atomic mass is 10.2. The molecule has 15 heavy (non-hydrogen) atoms. The van der Waals surface area contributed by atoms with Crippen LogP contribution < -0.4 is 5.73 Å². The number of primary amides is 1. The Morgan fingerprint density at radius 3 is 2.67 bits per heavy atom. The number of nitrogens with zero attached hydrogens (tertiary/aromatic N) is 1. The molecule has 0 unspecified atom stereocenters. The normalized spacial score (nSPS) is 10.1. The second-order valence-corrected chi connectivity index (χ2v) is 2.93. The molecule has 0 saturated carbocycles. The monoisotopic (exact) mass is 204 g/mol. The molecule has 0 spiro atoms. The topological polar surface area (TPSA) is 74.3 Å². The van der Waals surface area contributed by atoms with E-state index in [2.05, 4.69) is 4.74 Å². The smallest absolute Gasteiger partial charge is 0.359 e. The molecule has 0 aliphatic rings. The molecule has 1 aromatic carbocycles. The van der Waals surface area contributed by atoms with Crippen LogP contribution in [0.4, 0.5) is 9.59 Å². The van der Waals surface area contributed by atoms with Crippen molar-refractivity contribution in [3.05, 3.63) is 36.5 Å². The lowest BCUT2D eigenvalue weighted by Gasteiger charge is -2.01. The highest BCUT2D eigenvalue weighted by molar-refractivity contribution is 5.92. The molecule has 0 fully saturated rings. The van der Waals surface area contributed by atoms with Gasteiger partial charge >= 0.3 is 12.2 Å². The molecule has 5 heteroatoms. The van der Waals surface area contributed by atoms with Gasteiger partial charge in [0.1, 0.15) is 0 Å². The van der Waals surface area contributed by atoms with E-state index in [0.717, 1.165) is 5.39 Å². The Morgan fingerprint density at radius 1 is 1.20 bits per heavy atom. The average Bonchev–Trinajstić information content (AvgIpc) is 2.59. The molecule has 0 aliphatic heterocycles. The molecule has 1 heterocycles. The van der Waals surface area contributed by atoms with E-state index in [-0.39, 0.29) is 0 Å². The molecule has 2 rings (SSSR count). The van der Waals surface area contributed by atoms with Gasteiger partial charge in [-0.05, 0) is 12.1 Å². The zero-order valence-electron chi connectivity index (χ0n) is 7.71. The number of para-hydroxylation sites is 1. The average molecular weight is 204 g/mol. The Balaban J connectivity index is 2.44. The predicted octanol–water partition coefficient (Wildman–Crippen LogP) is 1.70. The van der Waals surface area contributed by atoms with Crippen molar-refractivity contribution < 1.29 is 14.3 Å². The van der Waals surface area contributed by atoms with Gasteiger partial charge in [-0.3, -0.25) is 4.57 Å². The van der Waals surface area contributed by atoms with Crippen LogP contribution in [0.15, 0.2) is 36.5 Å². The zero-order chi connectivity index (χ0) is 10.8. The van der Waals surface area contributed by atoms with Crippen molar-refractivity contribution >= 4 is 23.1 Å². The summed E-state index contributed by atoms with van der Waals surface area (Å²) in [5.74, 6) is 0. The maximum Gasteiger partial charge on any atom is 0.427 e. The maximum absolute atomic E-state index is 11.4. The fraction of sp³-hybridized carbons (Fsp3) is 0. The summed E-state index contributed by atoms with van der Waals surface area (Å²) in [5, 5.41) is 0.888. The van der Waals surface area contributed by atoms with Crippen molar-refractivity contribution in [2.24, 2.45) is 5.73 Å². The molecule has 76 valence electrons. The van der Waals surface area contributed by atoms with Gasteiger partial charge in [-0.15, -0.1) is 0 Å². The van der Waals surface area contributed by atoms with E-state index in [9.17, 15) is 9.59 Å². The third-order valence-electron chi connectivity index (χ3n) is 1.98. The summed E-state index contributed by atoms with van der Waals surface area (Å²) in [7, 11) is 0. The Bertz CT molecular complexity index is 530. The molecule has 0 aliphatic carbocycles. The van der Waals surface area contributed by atoms with Gasteiger partial charge in [-0.25, -0.2) is 9.59 Å². The van der Waals surface area contributed by atoms with Crippen LogP contribution in [0.2, 0.25) is 0 Å². The first-order valence-corrected chi connectivity index (χ1v) is 4.26. The molecule has 5 nitrogen and oxygen atoms in total. The highest BCUT2D eigenvalue weighted by atomic mass is 16.6. The first kappa shape index (κ1) is 9.26. The number of rotatable bonds is 0. The van der Waals surface area contributed by atoms with E-state index in [1.54, 1.807) is 18.2 Å². The van der Waals surface area contributed by atoms with Crippen LogP contribution in [0.3, 0.4) is 0 Å². The Hall–Kier alpha value is -2.30. The van der Waals surface area contributed by atoms with Gasteiger partial charge in [0.05, 0.1) is 5.52 Å². The van der Waals surface area contributed by atoms with Crippen LogP contribution in [0, 0.1) is 0 Å².